The van der Waals surface area contributed by atoms with Crippen molar-refractivity contribution in [3.05, 3.63) is 65.7 Å². The normalized spacial score (nSPS) is 19.7. The molecular formula is C22H26O3. The standard InChI is InChI=1S/C22H26O3/c1-17(23)16-24-14-13-18-7-9-19(10-8-18)20-11-12-22(15-20)25-21-5-3-2-4-6-21/h2-10,20,22H,11-16H2,1H3. The average Bonchev–Trinajstić information content (AvgIpc) is 3.08. The van der Waals surface area contributed by atoms with Gasteiger partial charge in [0.2, 0.25) is 0 Å². The van der Waals surface area contributed by atoms with Crippen LogP contribution in [0.2, 0.25) is 0 Å². The van der Waals surface area contributed by atoms with E-state index in [2.05, 4.69) is 24.3 Å². The summed E-state index contributed by atoms with van der Waals surface area (Å²) in [5, 5.41) is 0. The lowest BCUT2D eigenvalue weighted by molar-refractivity contribution is -0.121. The Morgan fingerprint density at radius 2 is 1.80 bits per heavy atom. The van der Waals surface area contributed by atoms with Crippen molar-refractivity contribution in [2.45, 2.75) is 44.6 Å². The first-order valence-corrected chi connectivity index (χ1v) is 9.08. The van der Waals surface area contributed by atoms with Crippen molar-refractivity contribution < 1.29 is 14.3 Å². The molecule has 0 aromatic heterocycles. The molecule has 0 bridgehead atoms. The van der Waals surface area contributed by atoms with Gasteiger partial charge in [-0.15, -0.1) is 0 Å². The zero-order chi connectivity index (χ0) is 17.5. The molecule has 3 rings (SSSR count). The highest BCUT2D eigenvalue weighted by atomic mass is 16.5. The number of ether oxygens (including phenoxy) is 2. The van der Waals surface area contributed by atoms with Gasteiger partial charge in [0.25, 0.3) is 0 Å². The zero-order valence-corrected chi connectivity index (χ0v) is 14.8. The summed E-state index contributed by atoms with van der Waals surface area (Å²) in [5.41, 5.74) is 2.65. The molecule has 132 valence electrons. The third-order valence-electron chi connectivity index (χ3n) is 4.72. The van der Waals surface area contributed by atoms with Crippen LogP contribution in [0.4, 0.5) is 0 Å². The smallest absolute Gasteiger partial charge is 0.155 e. The van der Waals surface area contributed by atoms with E-state index in [1.807, 2.05) is 30.3 Å². The summed E-state index contributed by atoms with van der Waals surface area (Å²) >= 11 is 0. The SMILES string of the molecule is CC(=O)COCCc1ccc(C2CCC(Oc3ccccc3)C2)cc1. The summed E-state index contributed by atoms with van der Waals surface area (Å²) in [4.78, 5) is 10.9. The van der Waals surface area contributed by atoms with E-state index in [4.69, 9.17) is 9.47 Å². The summed E-state index contributed by atoms with van der Waals surface area (Å²) in [5.74, 6) is 1.62. The fourth-order valence-corrected chi connectivity index (χ4v) is 3.40. The Morgan fingerprint density at radius 1 is 1.04 bits per heavy atom. The molecule has 0 radical (unpaired) electrons. The Labute approximate surface area is 150 Å². The molecule has 1 saturated carbocycles. The van der Waals surface area contributed by atoms with E-state index in [0.29, 0.717) is 18.6 Å². The number of carbonyl (C=O) groups is 1. The summed E-state index contributed by atoms with van der Waals surface area (Å²) in [6.07, 6.45) is 4.53. The van der Waals surface area contributed by atoms with E-state index in [-0.39, 0.29) is 12.4 Å². The molecule has 2 unspecified atom stereocenters. The van der Waals surface area contributed by atoms with Crippen LogP contribution in [0.15, 0.2) is 54.6 Å². The summed E-state index contributed by atoms with van der Waals surface area (Å²) in [6, 6.07) is 18.9. The highest BCUT2D eigenvalue weighted by molar-refractivity contribution is 5.76. The molecule has 2 aromatic carbocycles. The number of rotatable bonds is 8. The molecule has 25 heavy (non-hydrogen) atoms. The number of hydrogen-bond acceptors (Lipinski definition) is 3. The maximum atomic E-state index is 10.9. The number of hydrogen-bond donors (Lipinski definition) is 0. The number of ketones is 1. The average molecular weight is 338 g/mol. The highest BCUT2D eigenvalue weighted by Crippen LogP contribution is 2.36. The fourth-order valence-electron chi connectivity index (χ4n) is 3.40. The van der Waals surface area contributed by atoms with E-state index >= 15 is 0 Å². The monoisotopic (exact) mass is 338 g/mol. The lowest BCUT2D eigenvalue weighted by atomic mass is 9.96. The number of carbonyl (C=O) groups excluding carboxylic acids is 1. The van der Waals surface area contributed by atoms with Crippen LogP contribution >= 0.6 is 0 Å². The van der Waals surface area contributed by atoms with E-state index in [0.717, 1.165) is 25.0 Å². The van der Waals surface area contributed by atoms with Crippen LogP contribution in [0.3, 0.4) is 0 Å². The van der Waals surface area contributed by atoms with E-state index in [9.17, 15) is 4.79 Å². The largest absolute Gasteiger partial charge is 0.490 e. The van der Waals surface area contributed by atoms with Gasteiger partial charge in [0, 0.05) is 0 Å². The lowest BCUT2D eigenvalue weighted by Crippen LogP contribution is -2.11. The Morgan fingerprint density at radius 3 is 2.52 bits per heavy atom. The first kappa shape index (κ1) is 17.7. The van der Waals surface area contributed by atoms with Crippen molar-refractivity contribution in [1.29, 1.82) is 0 Å². The van der Waals surface area contributed by atoms with Crippen molar-refractivity contribution in [3.63, 3.8) is 0 Å². The number of benzene rings is 2. The fraction of sp³-hybridized carbons (Fsp3) is 0.409. The molecule has 1 aliphatic rings. The predicted octanol–water partition coefficient (Wildman–Crippen LogP) is 4.55. The Kier molecular flexibility index (Phi) is 6.24. The second kappa shape index (κ2) is 8.82. The minimum absolute atomic E-state index is 0.0730. The van der Waals surface area contributed by atoms with Gasteiger partial charge in [-0.05, 0) is 61.8 Å². The van der Waals surface area contributed by atoms with Gasteiger partial charge >= 0.3 is 0 Å². The molecule has 0 N–H and O–H groups in total. The van der Waals surface area contributed by atoms with Gasteiger partial charge in [0.15, 0.2) is 5.78 Å². The van der Waals surface area contributed by atoms with Gasteiger partial charge in [-0.25, -0.2) is 0 Å². The molecule has 1 fully saturated rings. The van der Waals surface area contributed by atoms with Gasteiger partial charge in [-0.2, -0.15) is 0 Å². The van der Waals surface area contributed by atoms with Crippen molar-refractivity contribution >= 4 is 5.78 Å². The van der Waals surface area contributed by atoms with Crippen LogP contribution in [-0.4, -0.2) is 25.1 Å². The van der Waals surface area contributed by atoms with Crippen LogP contribution in [-0.2, 0) is 16.0 Å². The van der Waals surface area contributed by atoms with Gasteiger partial charge in [-0.1, -0.05) is 42.5 Å². The third-order valence-corrected chi connectivity index (χ3v) is 4.72. The van der Waals surface area contributed by atoms with E-state index < -0.39 is 0 Å². The van der Waals surface area contributed by atoms with E-state index in [1.165, 1.54) is 17.5 Å². The molecule has 1 aliphatic carbocycles. The maximum Gasteiger partial charge on any atom is 0.155 e. The molecule has 3 nitrogen and oxygen atoms in total. The van der Waals surface area contributed by atoms with Crippen molar-refractivity contribution in [1.82, 2.24) is 0 Å². The first-order valence-electron chi connectivity index (χ1n) is 9.08. The quantitative estimate of drug-likeness (QED) is 0.662. The molecular weight excluding hydrogens is 312 g/mol. The number of Topliss-reactive ketones (excluding diaryl/α,β-unsaturated/α-hetero) is 1. The van der Waals surface area contributed by atoms with Crippen LogP contribution in [0, 0.1) is 0 Å². The Bertz CT molecular complexity index is 663. The second-order valence-corrected chi connectivity index (χ2v) is 6.81. The van der Waals surface area contributed by atoms with Gasteiger partial charge < -0.3 is 9.47 Å². The van der Waals surface area contributed by atoms with Crippen molar-refractivity contribution in [3.8, 4) is 5.75 Å². The van der Waals surface area contributed by atoms with Crippen LogP contribution < -0.4 is 4.74 Å². The molecule has 0 amide bonds. The topological polar surface area (TPSA) is 35.5 Å². The van der Waals surface area contributed by atoms with Gasteiger partial charge in [-0.3, -0.25) is 4.79 Å². The maximum absolute atomic E-state index is 10.9. The first-order chi connectivity index (χ1) is 12.2. The van der Waals surface area contributed by atoms with Gasteiger partial charge in [0.1, 0.15) is 12.4 Å². The molecule has 0 spiro atoms. The molecule has 2 aromatic rings. The van der Waals surface area contributed by atoms with Crippen LogP contribution in [0.25, 0.3) is 0 Å². The van der Waals surface area contributed by atoms with E-state index in [1.54, 1.807) is 6.92 Å². The van der Waals surface area contributed by atoms with Crippen molar-refractivity contribution in [2.24, 2.45) is 0 Å². The minimum atomic E-state index is 0.0730. The molecule has 3 heteroatoms. The summed E-state index contributed by atoms with van der Waals surface area (Å²) in [7, 11) is 0. The minimum Gasteiger partial charge on any atom is -0.490 e. The molecule has 0 aliphatic heterocycles. The molecule has 0 saturated heterocycles. The van der Waals surface area contributed by atoms with Crippen LogP contribution in [0.1, 0.15) is 43.2 Å². The van der Waals surface area contributed by atoms with Crippen molar-refractivity contribution in [2.75, 3.05) is 13.2 Å². The molecule has 0 heterocycles. The lowest BCUT2D eigenvalue weighted by Gasteiger charge is -2.14. The summed E-state index contributed by atoms with van der Waals surface area (Å²) < 4.78 is 11.4. The zero-order valence-electron chi connectivity index (χ0n) is 14.8. The molecule has 2 atom stereocenters. The Hall–Kier alpha value is -2.13. The van der Waals surface area contributed by atoms with Crippen LogP contribution in [0.5, 0.6) is 5.75 Å². The van der Waals surface area contributed by atoms with Gasteiger partial charge in [0.05, 0.1) is 12.7 Å². The highest BCUT2D eigenvalue weighted by Gasteiger charge is 2.27. The second-order valence-electron chi connectivity index (χ2n) is 6.81. The summed E-state index contributed by atoms with van der Waals surface area (Å²) in [6.45, 7) is 2.35. The number of para-hydroxylation sites is 1. The predicted molar refractivity (Wildman–Crippen MR) is 99.1 cm³/mol. The Balaban J connectivity index is 1.47. The third kappa shape index (κ3) is 5.43.